The average Bonchev–Trinajstić information content (AvgIpc) is 3.32. The van der Waals surface area contributed by atoms with E-state index in [9.17, 15) is 9.90 Å². The average molecular weight is 568 g/mol. The minimum absolute atomic E-state index is 0.00795. The Morgan fingerprint density at radius 2 is 1.90 bits per heavy atom. The summed E-state index contributed by atoms with van der Waals surface area (Å²) in [6.07, 6.45) is 4.61. The van der Waals surface area contributed by atoms with E-state index in [1.165, 1.54) is 5.56 Å². The summed E-state index contributed by atoms with van der Waals surface area (Å²) in [7, 11) is 1.68. The molecule has 4 rings (SSSR count). The van der Waals surface area contributed by atoms with Crippen molar-refractivity contribution in [3.05, 3.63) is 41.6 Å². The van der Waals surface area contributed by atoms with Gasteiger partial charge in [0.25, 0.3) is 0 Å². The number of rotatable bonds is 11. The van der Waals surface area contributed by atoms with Crippen molar-refractivity contribution < 1.29 is 19.4 Å². The molecule has 1 atom stereocenters. The Morgan fingerprint density at radius 3 is 2.56 bits per heavy atom. The Morgan fingerprint density at radius 1 is 1.15 bits per heavy atom. The molecule has 0 bridgehead atoms. The molecule has 0 spiro atoms. The normalized spacial score (nSPS) is 15.2. The molecule has 1 aliphatic heterocycles. The van der Waals surface area contributed by atoms with E-state index < -0.39 is 5.60 Å². The first-order chi connectivity index (χ1) is 19.6. The van der Waals surface area contributed by atoms with Gasteiger partial charge in [0.15, 0.2) is 5.82 Å². The second-order valence-corrected chi connectivity index (χ2v) is 11.7. The topological polar surface area (TPSA) is 131 Å². The molecule has 2 aromatic heterocycles. The zero-order valence-electron chi connectivity index (χ0n) is 25.0. The molecule has 3 aromatic rings. The third-order valence-electron chi connectivity index (χ3n) is 7.21. The van der Waals surface area contributed by atoms with Crippen LogP contribution >= 0.6 is 0 Å². The van der Waals surface area contributed by atoms with E-state index in [0.29, 0.717) is 25.5 Å². The third-order valence-corrected chi connectivity index (χ3v) is 7.21. The molecule has 0 aliphatic carbocycles. The quantitative estimate of drug-likeness (QED) is 0.314. The lowest BCUT2D eigenvalue weighted by Gasteiger charge is -2.35. The number of nitrogen functional groups attached to an aromatic ring is 1. The zero-order valence-corrected chi connectivity index (χ0v) is 25.0. The number of aliphatic hydroxyl groups excluding tert-OH is 1. The highest BCUT2D eigenvalue weighted by atomic mass is 16.6. The number of ether oxygens (including phenoxy) is 2. The molecule has 41 heavy (non-hydrogen) atoms. The minimum atomic E-state index is -0.496. The van der Waals surface area contributed by atoms with E-state index >= 15 is 0 Å². The largest absolute Gasteiger partial charge is 0.496 e. The van der Waals surface area contributed by atoms with Crippen LogP contribution < -0.4 is 15.8 Å². The number of amides is 1. The monoisotopic (exact) mass is 567 g/mol. The zero-order chi connectivity index (χ0) is 29.6. The number of benzene rings is 1. The van der Waals surface area contributed by atoms with Gasteiger partial charge in [-0.25, -0.2) is 9.78 Å². The maximum absolute atomic E-state index is 12.4. The van der Waals surface area contributed by atoms with Crippen LogP contribution in [0.4, 0.5) is 16.6 Å². The Hall–Kier alpha value is -3.57. The molecule has 1 unspecified atom stereocenters. The number of methoxy groups -OCH3 is 1. The number of nitrogens with one attached hydrogen (secondary N) is 1. The highest BCUT2D eigenvalue weighted by molar-refractivity contribution is 5.87. The predicted molar refractivity (Wildman–Crippen MR) is 161 cm³/mol. The maximum Gasteiger partial charge on any atom is 0.410 e. The van der Waals surface area contributed by atoms with Crippen molar-refractivity contribution >= 4 is 28.9 Å². The molecule has 1 fully saturated rings. The van der Waals surface area contributed by atoms with Gasteiger partial charge in [0, 0.05) is 44.5 Å². The van der Waals surface area contributed by atoms with E-state index in [2.05, 4.69) is 43.8 Å². The number of fused-ring (bicyclic) bond motifs is 1. The van der Waals surface area contributed by atoms with Crippen LogP contribution in [-0.2, 0) is 17.8 Å². The summed E-state index contributed by atoms with van der Waals surface area (Å²) in [6.45, 7) is 12.0. The van der Waals surface area contributed by atoms with Gasteiger partial charge in [0.1, 0.15) is 16.9 Å². The third kappa shape index (κ3) is 8.01. The fourth-order valence-electron chi connectivity index (χ4n) is 5.12. The lowest BCUT2D eigenvalue weighted by Crippen LogP contribution is -2.49. The first-order valence-electron chi connectivity index (χ1n) is 14.5. The summed E-state index contributed by atoms with van der Waals surface area (Å²) in [4.78, 5) is 25.5. The Bertz CT molecular complexity index is 1310. The van der Waals surface area contributed by atoms with Crippen molar-refractivity contribution in [3.8, 4) is 5.75 Å². The minimum Gasteiger partial charge on any atom is -0.496 e. The van der Waals surface area contributed by atoms with Crippen molar-refractivity contribution in [1.82, 2.24) is 24.3 Å². The Kier molecular flexibility index (Phi) is 9.93. The summed E-state index contributed by atoms with van der Waals surface area (Å²) >= 11 is 0. The van der Waals surface area contributed by atoms with Gasteiger partial charge in [-0.15, -0.1) is 0 Å². The number of aliphatic hydroxyl groups is 1. The van der Waals surface area contributed by atoms with Gasteiger partial charge in [0.2, 0.25) is 5.95 Å². The molecule has 4 N–H and O–H groups in total. The van der Waals surface area contributed by atoms with Crippen molar-refractivity contribution in [1.29, 1.82) is 0 Å². The summed E-state index contributed by atoms with van der Waals surface area (Å²) in [5.74, 6) is 1.61. The molecule has 1 aliphatic rings. The second kappa shape index (κ2) is 13.4. The van der Waals surface area contributed by atoms with Crippen LogP contribution in [0.5, 0.6) is 5.75 Å². The number of nitrogens with zero attached hydrogens (tertiary/aromatic N) is 5. The van der Waals surface area contributed by atoms with Gasteiger partial charge in [-0.1, -0.05) is 25.8 Å². The SMILES string of the molecule is CCCCC(CO)Nc1nc(N)nc2ccn(Cc3cc(CN4CCN(C(=O)OC(C)(C)C)CC4)ccc3OC)c12. The number of piperazine rings is 1. The van der Waals surface area contributed by atoms with Gasteiger partial charge in [-0.3, -0.25) is 4.90 Å². The molecule has 11 heteroatoms. The number of carbonyl (C=O) groups excluding carboxylic acids is 1. The predicted octanol–water partition coefficient (Wildman–Crippen LogP) is 4.09. The van der Waals surface area contributed by atoms with Crippen LogP contribution in [0, 0.1) is 0 Å². The molecule has 3 heterocycles. The summed E-state index contributed by atoms with van der Waals surface area (Å²) in [5, 5.41) is 13.3. The first-order valence-corrected chi connectivity index (χ1v) is 14.5. The number of unbranched alkanes of at least 4 members (excludes halogenated alkanes) is 1. The molecule has 1 amide bonds. The number of aromatic nitrogens is 3. The van der Waals surface area contributed by atoms with Crippen LogP contribution in [0.3, 0.4) is 0 Å². The van der Waals surface area contributed by atoms with Gasteiger partial charge in [-0.2, -0.15) is 4.98 Å². The lowest BCUT2D eigenvalue weighted by molar-refractivity contribution is 0.0139. The molecule has 11 nitrogen and oxygen atoms in total. The molecule has 224 valence electrons. The van der Waals surface area contributed by atoms with Gasteiger partial charge in [-0.05, 0) is 51.0 Å². The van der Waals surface area contributed by atoms with E-state index in [4.69, 9.17) is 15.2 Å². The number of anilines is 2. The Labute approximate surface area is 242 Å². The number of carbonyl (C=O) groups is 1. The van der Waals surface area contributed by atoms with Crippen LogP contribution in [-0.4, -0.2) is 87.1 Å². The molecule has 1 aromatic carbocycles. The molecule has 0 saturated carbocycles. The van der Waals surface area contributed by atoms with Gasteiger partial charge in [0.05, 0.1) is 31.8 Å². The van der Waals surface area contributed by atoms with Gasteiger partial charge < -0.3 is 35.1 Å². The fourth-order valence-corrected chi connectivity index (χ4v) is 5.12. The van der Waals surface area contributed by atoms with Gasteiger partial charge >= 0.3 is 6.09 Å². The number of nitrogens with two attached hydrogens (primary N) is 1. The van der Waals surface area contributed by atoms with Crippen molar-refractivity contribution in [3.63, 3.8) is 0 Å². The highest BCUT2D eigenvalue weighted by Gasteiger charge is 2.26. The smallest absolute Gasteiger partial charge is 0.410 e. The first kappa shape index (κ1) is 30.4. The Balaban J connectivity index is 1.50. The summed E-state index contributed by atoms with van der Waals surface area (Å²) in [5.41, 5.74) is 9.30. The number of hydrogen-bond donors (Lipinski definition) is 3. The van der Waals surface area contributed by atoms with E-state index in [-0.39, 0.29) is 24.7 Å². The lowest BCUT2D eigenvalue weighted by atomic mass is 10.1. The molecular weight excluding hydrogens is 522 g/mol. The van der Waals surface area contributed by atoms with Crippen LogP contribution in [0.15, 0.2) is 30.5 Å². The van der Waals surface area contributed by atoms with Crippen molar-refractivity contribution in [2.75, 3.05) is 50.9 Å². The van der Waals surface area contributed by atoms with E-state index in [1.54, 1.807) is 12.0 Å². The van der Waals surface area contributed by atoms with Crippen LogP contribution in [0.2, 0.25) is 0 Å². The van der Waals surface area contributed by atoms with E-state index in [1.807, 2.05) is 39.1 Å². The van der Waals surface area contributed by atoms with E-state index in [0.717, 1.165) is 61.2 Å². The van der Waals surface area contributed by atoms with Crippen LogP contribution in [0.25, 0.3) is 11.0 Å². The van der Waals surface area contributed by atoms with Crippen molar-refractivity contribution in [2.45, 2.75) is 71.7 Å². The molecule has 0 radical (unpaired) electrons. The standard InChI is InChI=1S/C30H45N7O4/c1-6-7-8-23(20-38)32-27-26-24(33-28(31)34-27)11-12-37(26)19-22-17-21(9-10-25(22)40-5)18-35-13-15-36(16-14-35)29(39)41-30(2,3)4/h9-12,17,23,38H,6-8,13-16,18-20H2,1-5H3,(H3,31,32,33,34). The molecule has 1 saturated heterocycles. The number of hydrogen-bond acceptors (Lipinski definition) is 9. The fraction of sp³-hybridized carbons (Fsp3) is 0.567. The summed E-state index contributed by atoms with van der Waals surface area (Å²) < 4.78 is 13.3. The second-order valence-electron chi connectivity index (χ2n) is 11.7. The molecular formula is C30H45N7O4. The van der Waals surface area contributed by atoms with Crippen molar-refractivity contribution in [2.24, 2.45) is 0 Å². The van der Waals surface area contributed by atoms with Crippen LogP contribution in [0.1, 0.15) is 58.1 Å². The highest BCUT2D eigenvalue weighted by Crippen LogP contribution is 2.28. The summed E-state index contributed by atoms with van der Waals surface area (Å²) in [6, 6.07) is 8.08. The maximum atomic E-state index is 12.4.